The molecule has 0 bridgehead atoms. The molecule has 0 fully saturated rings. The number of hydrogen-bond acceptors (Lipinski definition) is 4. The van der Waals surface area contributed by atoms with E-state index in [9.17, 15) is 13.0 Å². The Hall–Kier alpha value is 0.450. The summed E-state index contributed by atoms with van der Waals surface area (Å²) in [5, 5.41) is 0. The molecule has 0 unspecified atom stereocenters. The smallest absolute Gasteiger partial charge is 0.716 e. The molecule has 0 aromatic rings. The average molecular weight is 399 g/mol. The zero-order valence-electron chi connectivity index (χ0n) is 17.2. The molecule has 26 heavy (non-hydrogen) atoms. The molecule has 0 N–H and O–H groups in total. The Balaban J connectivity index is 0. The molecule has 0 aromatic carbocycles. The van der Waals surface area contributed by atoms with Gasteiger partial charge in [-0.25, -0.2) is 8.42 Å². The van der Waals surface area contributed by atoms with Crippen molar-refractivity contribution >= 4 is 10.4 Å². The van der Waals surface area contributed by atoms with Crippen LogP contribution in [-0.2, 0) is 14.6 Å². The molecule has 0 spiro atoms. The third-order valence-electron chi connectivity index (χ3n) is 4.49. The van der Waals surface area contributed by atoms with E-state index in [1.807, 2.05) is 0 Å². The molecule has 4 nitrogen and oxygen atoms in total. The summed E-state index contributed by atoms with van der Waals surface area (Å²) in [5.74, 6) is 0. The molecule has 6 heteroatoms. The second kappa shape index (κ2) is 21.7. The van der Waals surface area contributed by atoms with E-state index in [4.69, 9.17) is 0 Å². The van der Waals surface area contributed by atoms with Gasteiger partial charge in [0.1, 0.15) is 6.26 Å². The summed E-state index contributed by atoms with van der Waals surface area (Å²) in [4.78, 5) is 0. The van der Waals surface area contributed by atoms with Crippen LogP contribution in [0.2, 0.25) is 0 Å². The van der Waals surface area contributed by atoms with Gasteiger partial charge in [0.2, 0.25) is 0 Å². The van der Waals surface area contributed by atoms with E-state index in [0.717, 1.165) is 25.5 Å². The fraction of sp³-hybridized carbons (Fsp3) is 0.900. The molecule has 150 valence electrons. The Morgan fingerprint density at radius 3 is 1.38 bits per heavy atom. The molecule has 0 radical (unpaired) electrons. The standard InChI is InChI=1S/C20H40O4S.Na/c1-2-3-4-5-6-7-8-9-10-11-12-13-14-15-16-17-18-19-20-24-25(21,22)23;/h19-20H,2-18H2,1H3,(H,21,22,23);/q;+1/p-1/b20-19+;. The summed E-state index contributed by atoms with van der Waals surface area (Å²) in [5.41, 5.74) is 0. The monoisotopic (exact) mass is 398 g/mol. The van der Waals surface area contributed by atoms with Crippen LogP contribution in [0, 0.1) is 0 Å². The fourth-order valence-corrected chi connectivity index (χ4v) is 3.20. The zero-order valence-corrected chi connectivity index (χ0v) is 20.0. The van der Waals surface area contributed by atoms with Crippen LogP contribution in [-0.4, -0.2) is 13.0 Å². The maximum atomic E-state index is 10.2. The van der Waals surface area contributed by atoms with Crippen LogP contribution in [0.15, 0.2) is 12.3 Å². The molecule has 0 saturated carbocycles. The minimum atomic E-state index is -4.58. The topological polar surface area (TPSA) is 66.4 Å². The molecule has 0 heterocycles. The van der Waals surface area contributed by atoms with Gasteiger partial charge in [0.15, 0.2) is 0 Å². The van der Waals surface area contributed by atoms with Crippen molar-refractivity contribution in [3.63, 3.8) is 0 Å². The summed E-state index contributed by atoms with van der Waals surface area (Å²) in [6, 6.07) is 0. The van der Waals surface area contributed by atoms with E-state index in [1.165, 1.54) is 89.9 Å². The largest absolute Gasteiger partial charge is 1.00 e. The zero-order chi connectivity index (χ0) is 18.6. The van der Waals surface area contributed by atoms with Crippen LogP contribution >= 0.6 is 0 Å². The molecule has 0 aliphatic heterocycles. The van der Waals surface area contributed by atoms with Crippen molar-refractivity contribution in [1.29, 1.82) is 0 Å². The van der Waals surface area contributed by atoms with Crippen molar-refractivity contribution in [1.82, 2.24) is 0 Å². The van der Waals surface area contributed by atoms with Gasteiger partial charge >= 0.3 is 29.6 Å². The Labute approximate surface area is 184 Å². The summed E-state index contributed by atoms with van der Waals surface area (Å²) in [6.45, 7) is 2.27. The van der Waals surface area contributed by atoms with Crippen molar-refractivity contribution < 1.29 is 46.7 Å². The van der Waals surface area contributed by atoms with Gasteiger partial charge in [0.05, 0.1) is 0 Å². The molecule has 0 aliphatic carbocycles. The van der Waals surface area contributed by atoms with E-state index < -0.39 is 10.4 Å². The van der Waals surface area contributed by atoms with E-state index in [-0.39, 0.29) is 29.6 Å². The summed E-state index contributed by atoms with van der Waals surface area (Å²) >= 11 is 0. The molecular weight excluding hydrogens is 359 g/mol. The van der Waals surface area contributed by atoms with Gasteiger partial charge < -0.3 is 8.74 Å². The molecule has 0 rings (SSSR count). The second-order valence-electron chi connectivity index (χ2n) is 6.97. The van der Waals surface area contributed by atoms with Gasteiger partial charge in [-0.1, -0.05) is 103 Å². The van der Waals surface area contributed by atoms with E-state index in [1.54, 1.807) is 6.08 Å². The summed E-state index contributed by atoms with van der Waals surface area (Å²) < 4.78 is 34.5. The first kappa shape index (κ1) is 28.7. The van der Waals surface area contributed by atoms with Crippen LogP contribution in [0.1, 0.15) is 116 Å². The first-order chi connectivity index (χ1) is 12.1. The van der Waals surface area contributed by atoms with Crippen LogP contribution in [0.5, 0.6) is 0 Å². The summed E-state index contributed by atoms with van der Waals surface area (Å²) in [7, 11) is -4.58. The first-order valence-corrected chi connectivity index (χ1v) is 11.7. The van der Waals surface area contributed by atoms with Crippen molar-refractivity contribution in [2.24, 2.45) is 0 Å². The minimum Gasteiger partial charge on any atom is -0.716 e. The van der Waals surface area contributed by atoms with Crippen LogP contribution < -0.4 is 29.6 Å². The van der Waals surface area contributed by atoms with Crippen LogP contribution in [0.25, 0.3) is 0 Å². The molecular formula is C20H39NaO4S. The van der Waals surface area contributed by atoms with E-state index in [2.05, 4.69) is 11.1 Å². The second-order valence-corrected chi connectivity index (χ2v) is 7.98. The number of rotatable bonds is 19. The van der Waals surface area contributed by atoms with Crippen molar-refractivity contribution in [2.75, 3.05) is 0 Å². The third-order valence-corrected chi connectivity index (χ3v) is 4.84. The third kappa shape index (κ3) is 26.7. The van der Waals surface area contributed by atoms with Crippen molar-refractivity contribution in [3.05, 3.63) is 12.3 Å². The van der Waals surface area contributed by atoms with Crippen LogP contribution in [0.3, 0.4) is 0 Å². The molecule has 0 amide bonds. The number of allylic oxidation sites excluding steroid dienone is 1. The molecule has 0 aliphatic rings. The maximum Gasteiger partial charge on any atom is 1.00 e. The Bertz CT molecular complexity index is 397. The van der Waals surface area contributed by atoms with Crippen molar-refractivity contribution in [3.8, 4) is 0 Å². The Kier molecular flexibility index (Phi) is 24.0. The normalized spacial score (nSPS) is 11.6. The molecule has 0 atom stereocenters. The molecule has 0 aromatic heterocycles. The number of unbranched alkanes of at least 4 members (excludes halogenated alkanes) is 16. The van der Waals surface area contributed by atoms with Gasteiger partial charge in [-0.3, -0.25) is 0 Å². The maximum absolute atomic E-state index is 10.2. The SMILES string of the molecule is CCCCCCCCCCCCCCCCCC/C=C/OS(=O)(=O)[O-].[Na+]. The Morgan fingerprint density at radius 1 is 0.692 bits per heavy atom. The quantitative estimate of drug-likeness (QED) is 0.110. The Morgan fingerprint density at radius 2 is 1.04 bits per heavy atom. The van der Waals surface area contributed by atoms with Gasteiger partial charge in [-0.15, -0.1) is 0 Å². The predicted octanol–water partition coefficient (Wildman–Crippen LogP) is 3.63. The van der Waals surface area contributed by atoms with E-state index in [0.29, 0.717) is 0 Å². The van der Waals surface area contributed by atoms with Gasteiger partial charge in [-0.05, 0) is 18.9 Å². The van der Waals surface area contributed by atoms with Gasteiger partial charge in [-0.2, -0.15) is 0 Å². The van der Waals surface area contributed by atoms with Crippen LogP contribution in [0.4, 0.5) is 0 Å². The fourth-order valence-electron chi connectivity index (χ4n) is 2.99. The first-order valence-electron chi connectivity index (χ1n) is 10.4. The predicted molar refractivity (Wildman–Crippen MR) is 104 cm³/mol. The van der Waals surface area contributed by atoms with Crippen molar-refractivity contribution in [2.45, 2.75) is 116 Å². The summed E-state index contributed by atoms with van der Waals surface area (Å²) in [6.07, 6.45) is 24.7. The minimum absolute atomic E-state index is 0. The van der Waals surface area contributed by atoms with Gasteiger partial charge in [0.25, 0.3) is 10.4 Å². The number of hydrogen-bond donors (Lipinski definition) is 0. The average Bonchev–Trinajstić information content (AvgIpc) is 2.56. The van der Waals surface area contributed by atoms with Gasteiger partial charge in [0, 0.05) is 0 Å². The van der Waals surface area contributed by atoms with E-state index >= 15 is 0 Å². The molecule has 0 saturated heterocycles.